The van der Waals surface area contributed by atoms with Crippen LogP contribution in [0.15, 0.2) is 54.0 Å². The maximum Gasteiger partial charge on any atom is 0.410 e. The summed E-state index contributed by atoms with van der Waals surface area (Å²) in [5.74, 6) is 1.01. The summed E-state index contributed by atoms with van der Waals surface area (Å²) in [6.07, 6.45) is 2.86. The lowest BCUT2D eigenvalue weighted by Crippen LogP contribution is -2.51. The number of imidazole rings is 1. The summed E-state index contributed by atoms with van der Waals surface area (Å²) in [5, 5.41) is 3.70. The highest BCUT2D eigenvalue weighted by Crippen LogP contribution is 2.39. The van der Waals surface area contributed by atoms with Gasteiger partial charge in [0, 0.05) is 48.8 Å². The number of ether oxygens (including phenoxy) is 2. The van der Waals surface area contributed by atoms with Gasteiger partial charge in [0.15, 0.2) is 0 Å². The van der Waals surface area contributed by atoms with Gasteiger partial charge < -0.3 is 23.8 Å². The molecule has 2 aliphatic heterocycles. The van der Waals surface area contributed by atoms with Gasteiger partial charge in [-0.25, -0.2) is 19.6 Å². The Morgan fingerprint density at radius 2 is 1.73 bits per heavy atom. The summed E-state index contributed by atoms with van der Waals surface area (Å²) < 4.78 is 13.3. The van der Waals surface area contributed by atoms with E-state index in [1.54, 1.807) is 21.1 Å². The summed E-state index contributed by atoms with van der Waals surface area (Å²) in [6, 6.07) is 14.6. The van der Waals surface area contributed by atoms with Crippen molar-refractivity contribution < 1.29 is 19.1 Å². The molecule has 2 amide bonds. The van der Waals surface area contributed by atoms with E-state index in [2.05, 4.69) is 34.9 Å². The molecule has 4 aromatic rings. The fourth-order valence-electron chi connectivity index (χ4n) is 6.13. The molecule has 2 fully saturated rings. The van der Waals surface area contributed by atoms with Gasteiger partial charge in [-0.05, 0) is 75.9 Å². The van der Waals surface area contributed by atoms with Gasteiger partial charge in [0.1, 0.15) is 16.4 Å². The number of hydrogen-bond acceptors (Lipinski definition) is 7. The van der Waals surface area contributed by atoms with E-state index in [1.807, 2.05) is 51.4 Å². The summed E-state index contributed by atoms with van der Waals surface area (Å²) in [6.45, 7) is 10.2. The van der Waals surface area contributed by atoms with E-state index in [0.717, 1.165) is 45.8 Å². The molecule has 2 aromatic heterocycles. The van der Waals surface area contributed by atoms with Gasteiger partial charge >= 0.3 is 12.2 Å². The summed E-state index contributed by atoms with van der Waals surface area (Å²) in [5.41, 5.74) is 3.66. The molecule has 0 N–H and O–H groups in total. The van der Waals surface area contributed by atoms with Crippen molar-refractivity contribution in [3.05, 3.63) is 81.0 Å². The van der Waals surface area contributed by atoms with E-state index in [-0.39, 0.29) is 30.1 Å². The van der Waals surface area contributed by atoms with Gasteiger partial charge in [0.05, 0.1) is 29.5 Å². The van der Waals surface area contributed by atoms with Gasteiger partial charge in [-0.2, -0.15) is 0 Å². The number of amides is 2. The number of piperidine rings is 1. The number of carbonyl (C=O) groups excluding carboxylic acids is 2. The average Bonchev–Trinajstić information content (AvgIpc) is 3.61. The molecule has 2 aromatic carbocycles. The number of thiazole rings is 1. The molecule has 0 bridgehead atoms. The summed E-state index contributed by atoms with van der Waals surface area (Å²) >= 11 is 7.88. The van der Waals surface area contributed by atoms with Crippen molar-refractivity contribution in [1.82, 2.24) is 24.3 Å². The number of benzene rings is 2. The summed E-state index contributed by atoms with van der Waals surface area (Å²) in [7, 11) is 0. The lowest BCUT2D eigenvalue weighted by atomic mass is 9.91. The second-order valence-electron chi connectivity index (χ2n) is 12.4. The van der Waals surface area contributed by atoms with Crippen LogP contribution in [0.5, 0.6) is 0 Å². The van der Waals surface area contributed by atoms with Gasteiger partial charge in [-0.1, -0.05) is 29.8 Å². The molecule has 44 heavy (non-hydrogen) atoms. The molecular weight excluding hydrogens is 598 g/mol. The molecule has 0 saturated carbocycles. The molecule has 6 rings (SSSR count). The van der Waals surface area contributed by atoms with E-state index in [0.29, 0.717) is 37.8 Å². The second-order valence-corrected chi connectivity index (χ2v) is 13.8. The van der Waals surface area contributed by atoms with Crippen LogP contribution in [0.25, 0.3) is 11.0 Å². The van der Waals surface area contributed by atoms with Crippen LogP contribution in [0.4, 0.5) is 9.59 Å². The van der Waals surface area contributed by atoms with E-state index >= 15 is 0 Å². The van der Waals surface area contributed by atoms with Crippen LogP contribution in [-0.2, 0) is 9.47 Å². The molecule has 0 spiro atoms. The molecule has 11 heteroatoms. The van der Waals surface area contributed by atoms with E-state index < -0.39 is 5.60 Å². The first-order chi connectivity index (χ1) is 21.1. The number of halogens is 1. The lowest BCUT2D eigenvalue weighted by Gasteiger charge is -2.40. The second kappa shape index (κ2) is 12.4. The van der Waals surface area contributed by atoms with Crippen molar-refractivity contribution >= 4 is 46.2 Å². The fraction of sp³-hybridized carbons (Fsp3) is 0.455. The zero-order valence-corrected chi connectivity index (χ0v) is 27.1. The van der Waals surface area contributed by atoms with E-state index in [9.17, 15) is 9.59 Å². The SMILES string of the molecule is CCOC(=O)N1CCC(n2c(C3CN(C(=O)OC(C)(C)C)C3)nc3ccc(C(c4ccc(Cl)cc4)c4nccs4)cc32)CC1. The standard InChI is InChI=1S/C33H38ClN5O4S/c1-5-42-31(40)37-15-12-25(13-16-37)39-27-18-22(28(30-35-14-17-44-30)21-6-9-24(34)10-7-21)8-11-26(27)36-29(39)23-19-38(20-23)32(41)43-33(2,3)4/h6-11,14,17-18,23,25,28H,5,12-13,15-16,19-20H2,1-4H3. The quantitative estimate of drug-likeness (QED) is 0.219. The third-order valence-electron chi connectivity index (χ3n) is 8.23. The Bertz CT molecular complexity index is 1620. The number of likely N-dealkylation sites (tertiary alicyclic amines) is 2. The first kappa shape index (κ1) is 30.4. The Morgan fingerprint density at radius 1 is 1.02 bits per heavy atom. The molecule has 1 atom stereocenters. The van der Waals surface area contributed by atoms with Crippen molar-refractivity contribution in [3.8, 4) is 0 Å². The third-order valence-corrected chi connectivity index (χ3v) is 9.32. The monoisotopic (exact) mass is 635 g/mol. The molecule has 232 valence electrons. The van der Waals surface area contributed by atoms with Gasteiger partial charge in [-0.15, -0.1) is 11.3 Å². The number of nitrogens with zero attached hydrogens (tertiary/aromatic N) is 5. The van der Waals surface area contributed by atoms with E-state index in [1.165, 1.54) is 0 Å². The number of hydrogen-bond donors (Lipinski definition) is 0. The zero-order chi connectivity index (χ0) is 31.0. The zero-order valence-electron chi connectivity index (χ0n) is 25.5. The highest BCUT2D eigenvalue weighted by Gasteiger charge is 2.39. The normalized spacial score (nSPS) is 17.0. The maximum absolute atomic E-state index is 12.7. The van der Waals surface area contributed by atoms with Crippen molar-refractivity contribution in [2.45, 2.75) is 64.0 Å². The van der Waals surface area contributed by atoms with Crippen molar-refractivity contribution in [2.24, 2.45) is 0 Å². The predicted octanol–water partition coefficient (Wildman–Crippen LogP) is 7.45. The number of rotatable bonds is 6. The molecule has 4 heterocycles. The molecule has 2 saturated heterocycles. The van der Waals surface area contributed by atoms with Crippen LogP contribution in [0, 0.1) is 0 Å². The van der Waals surface area contributed by atoms with Crippen LogP contribution >= 0.6 is 22.9 Å². The minimum absolute atomic E-state index is 0.0551. The largest absolute Gasteiger partial charge is 0.450 e. The average molecular weight is 636 g/mol. The third kappa shape index (κ3) is 6.28. The molecular formula is C33H38ClN5O4S. The maximum atomic E-state index is 12.7. The molecule has 1 unspecified atom stereocenters. The van der Waals surface area contributed by atoms with Crippen LogP contribution < -0.4 is 0 Å². The Labute approximate surface area is 266 Å². The lowest BCUT2D eigenvalue weighted by molar-refractivity contribution is 0.00709. The van der Waals surface area contributed by atoms with Crippen molar-refractivity contribution in [3.63, 3.8) is 0 Å². The fourth-order valence-corrected chi connectivity index (χ4v) is 7.05. The Balaban J connectivity index is 1.36. The first-order valence-electron chi connectivity index (χ1n) is 15.2. The Morgan fingerprint density at radius 3 is 2.36 bits per heavy atom. The highest BCUT2D eigenvalue weighted by atomic mass is 35.5. The minimum Gasteiger partial charge on any atom is -0.450 e. The van der Waals surface area contributed by atoms with Crippen LogP contribution in [-0.4, -0.2) is 74.9 Å². The van der Waals surface area contributed by atoms with Gasteiger partial charge in [0.25, 0.3) is 0 Å². The minimum atomic E-state index is -0.545. The van der Waals surface area contributed by atoms with Crippen LogP contribution in [0.1, 0.15) is 80.4 Å². The molecule has 0 aliphatic carbocycles. The molecule has 9 nitrogen and oxygen atoms in total. The first-order valence-corrected chi connectivity index (χ1v) is 16.4. The highest BCUT2D eigenvalue weighted by molar-refractivity contribution is 7.09. The topological polar surface area (TPSA) is 89.8 Å². The number of aromatic nitrogens is 3. The number of carbonyl (C=O) groups is 2. The Hall–Kier alpha value is -3.63. The molecule has 0 radical (unpaired) electrons. The predicted molar refractivity (Wildman–Crippen MR) is 172 cm³/mol. The van der Waals surface area contributed by atoms with E-state index in [4.69, 9.17) is 31.0 Å². The molecule has 2 aliphatic rings. The van der Waals surface area contributed by atoms with Gasteiger partial charge in [0.2, 0.25) is 0 Å². The van der Waals surface area contributed by atoms with Crippen molar-refractivity contribution in [2.75, 3.05) is 32.8 Å². The van der Waals surface area contributed by atoms with Crippen LogP contribution in [0.2, 0.25) is 5.02 Å². The Kier molecular flexibility index (Phi) is 8.57. The number of fused-ring (bicyclic) bond motifs is 1. The van der Waals surface area contributed by atoms with Crippen molar-refractivity contribution in [1.29, 1.82) is 0 Å². The van der Waals surface area contributed by atoms with Crippen LogP contribution in [0.3, 0.4) is 0 Å². The summed E-state index contributed by atoms with van der Waals surface area (Å²) in [4.78, 5) is 38.6. The smallest absolute Gasteiger partial charge is 0.410 e. The van der Waals surface area contributed by atoms with Gasteiger partial charge in [-0.3, -0.25) is 0 Å².